The molecule has 0 spiro atoms. The van der Waals surface area contributed by atoms with Crippen molar-refractivity contribution < 1.29 is 13.9 Å². The molecule has 5 nitrogen and oxygen atoms in total. The summed E-state index contributed by atoms with van der Waals surface area (Å²) in [4.78, 5) is 16.0. The zero-order valence-corrected chi connectivity index (χ0v) is 16.1. The molecule has 1 aromatic heterocycles. The van der Waals surface area contributed by atoms with Crippen molar-refractivity contribution in [1.29, 1.82) is 0 Å². The standard InChI is InChI=1S/C20H14FN3O2S.ClH/c21-14-4-1-12(2-5-14)19-15(10-24-8-7-22-20(24)27-19)13-3-6-17-16(9-13)23-18(25)11-26-17;/h1-10,19H,11H2,(H,23,25);1H. The molecule has 2 aliphatic rings. The number of hydrogen-bond donors (Lipinski definition) is 1. The number of imidazole rings is 1. The number of anilines is 1. The summed E-state index contributed by atoms with van der Waals surface area (Å²) in [6.45, 7) is 0.0293. The van der Waals surface area contributed by atoms with Crippen LogP contribution in [-0.2, 0) is 4.79 Å². The molecule has 0 saturated heterocycles. The van der Waals surface area contributed by atoms with Gasteiger partial charge >= 0.3 is 0 Å². The minimum atomic E-state index is -0.264. The van der Waals surface area contributed by atoms with Gasteiger partial charge in [0.2, 0.25) is 0 Å². The Balaban J connectivity index is 0.00000192. The van der Waals surface area contributed by atoms with Crippen molar-refractivity contribution in [2.45, 2.75) is 10.4 Å². The first-order valence-corrected chi connectivity index (χ1v) is 9.29. The Bertz CT molecular complexity index is 1080. The Kier molecular flexibility index (Phi) is 4.87. The Morgan fingerprint density at radius 2 is 2.04 bits per heavy atom. The van der Waals surface area contributed by atoms with Crippen molar-refractivity contribution >= 4 is 47.5 Å². The number of rotatable bonds is 2. The molecule has 1 unspecified atom stereocenters. The number of fused-ring (bicyclic) bond motifs is 2. The Hall–Kier alpha value is -2.77. The molecular formula is C20H15ClFN3O2S. The molecule has 2 aromatic carbocycles. The summed E-state index contributed by atoms with van der Waals surface area (Å²) in [5.74, 6) is 0.225. The summed E-state index contributed by atoms with van der Waals surface area (Å²) in [5.41, 5.74) is 3.64. The third-order valence-electron chi connectivity index (χ3n) is 4.54. The largest absolute Gasteiger partial charge is 0.482 e. The van der Waals surface area contributed by atoms with E-state index in [-0.39, 0.29) is 36.0 Å². The van der Waals surface area contributed by atoms with Gasteiger partial charge in [-0.05, 0) is 41.0 Å². The molecule has 5 rings (SSSR count). The number of ether oxygens (including phenoxy) is 1. The average Bonchev–Trinajstić information content (AvgIpc) is 3.14. The number of thioether (sulfide) groups is 1. The van der Waals surface area contributed by atoms with E-state index in [1.807, 2.05) is 35.2 Å². The van der Waals surface area contributed by atoms with Crippen LogP contribution in [0.2, 0.25) is 0 Å². The van der Waals surface area contributed by atoms with Crippen LogP contribution in [0.15, 0.2) is 60.0 Å². The number of benzene rings is 2. The lowest BCUT2D eigenvalue weighted by atomic mass is 9.97. The summed E-state index contributed by atoms with van der Waals surface area (Å²) in [5, 5.41) is 3.68. The third-order valence-corrected chi connectivity index (χ3v) is 5.82. The van der Waals surface area contributed by atoms with Crippen LogP contribution >= 0.6 is 24.2 Å². The number of carbonyl (C=O) groups is 1. The van der Waals surface area contributed by atoms with E-state index < -0.39 is 0 Å². The van der Waals surface area contributed by atoms with Crippen LogP contribution in [0.4, 0.5) is 10.1 Å². The molecule has 3 heterocycles. The summed E-state index contributed by atoms with van der Waals surface area (Å²) in [6, 6.07) is 12.3. The SMILES string of the molecule is Cl.O=C1COc2ccc(C3=Cn4ccnc4SC3c3ccc(F)cc3)cc2N1. The molecule has 0 bridgehead atoms. The van der Waals surface area contributed by atoms with Gasteiger partial charge in [-0.2, -0.15) is 0 Å². The Morgan fingerprint density at radius 1 is 1.21 bits per heavy atom. The van der Waals surface area contributed by atoms with E-state index in [0.29, 0.717) is 11.4 Å². The zero-order valence-electron chi connectivity index (χ0n) is 14.5. The van der Waals surface area contributed by atoms with Crippen molar-refractivity contribution in [2.24, 2.45) is 0 Å². The normalized spacial score (nSPS) is 17.4. The molecule has 28 heavy (non-hydrogen) atoms. The molecular weight excluding hydrogens is 401 g/mol. The fourth-order valence-electron chi connectivity index (χ4n) is 3.25. The second-order valence-corrected chi connectivity index (χ2v) is 7.37. The third kappa shape index (κ3) is 3.27. The maximum Gasteiger partial charge on any atom is 0.262 e. The number of halogens is 2. The minimum Gasteiger partial charge on any atom is -0.482 e. The molecule has 0 saturated carbocycles. The predicted molar refractivity (Wildman–Crippen MR) is 109 cm³/mol. The quantitative estimate of drug-likeness (QED) is 0.663. The van der Waals surface area contributed by atoms with Crippen molar-refractivity contribution in [2.75, 3.05) is 11.9 Å². The van der Waals surface area contributed by atoms with Crippen molar-refractivity contribution in [3.63, 3.8) is 0 Å². The fourth-order valence-corrected chi connectivity index (χ4v) is 4.43. The van der Waals surface area contributed by atoms with Gasteiger partial charge in [-0.25, -0.2) is 9.37 Å². The maximum absolute atomic E-state index is 13.4. The highest BCUT2D eigenvalue weighted by atomic mass is 35.5. The van der Waals surface area contributed by atoms with Crippen molar-refractivity contribution in [1.82, 2.24) is 9.55 Å². The lowest BCUT2D eigenvalue weighted by molar-refractivity contribution is -0.118. The molecule has 0 radical (unpaired) electrons. The van der Waals surface area contributed by atoms with E-state index in [9.17, 15) is 9.18 Å². The first-order chi connectivity index (χ1) is 13.2. The van der Waals surface area contributed by atoms with Crippen molar-refractivity contribution in [3.8, 4) is 5.75 Å². The number of nitrogens with zero attached hydrogens (tertiary/aromatic N) is 2. The average molecular weight is 416 g/mol. The van der Waals surface area contributed by atoms with Gasteiger partial charge in [0.1, 0.15) is 11.6 Å². The van der Waals surface area contributed by atoms with Crippen LogP contribution in [0, 0.1) is 5.82 Å². The summed E-state index contributed by atoms with van der Waals surface area (Å²) in [6.07, 6.45) is 5.68. The van der Waals surface area contributed by atoms with Gasteiger partial charge in [-0.1, -0.05) is 30.0 Å². The Labute approximate surface area is 171 Å². The number of aromatic nitrogens is 2. The first-order valence-electron chi connectivity index (χ1n) is 8.41. The number of nitrogens with one attached hydrogen (secondary N) is 1. The molecule has 0 aliphatic carbocycles. The highest BCUT2D eigenvalue weighted by Gasteiger charge is 2.27. The van der Waals surface area contributed by atoms with E-state index in [1.165, 1.54) is 12.1 Å². The molecule has 1 atom stereocenters. The van der Waals surface area contributed by atoms with E-state index >= 15 is 0 Å². The minimum absolute atomic E-state index is 0. The monoisotopic (exact) mass is 415 g/mol. The van der Waals surface area contributed by atoms with Gasteiger partial charge in [0, 0.05) is 18.6 Å². The second-order valence-electron chi connectivity index (χ2n) is 6.30. The van der Waals surface area contributed by atoms with Crippen LogP contribution < -0.4 is 10.1 Å². The van der Waals surface area contributed by atoms with Crippen LogP contribution in [0.3, 0.4) is 0 Å². The number of carbonyl (C=O) groups excluding carboxylic acids is 1. The maximum atomic E-state index is 13.4. The van der Waals surface area contributed by atoms with Gasteiger partial charge in [-0.3, -0.25) is 4.79 Å². The van der Waals surface area contributed by atoms with E-state index in [1.54, 1.807) is 30.1 Å². The molecule has 2 aliphatic heterocycles. The summed E-state index contributed by atoms with van der Waals surface area (Å²) in [7, 11) is 0. The lowest BCUT2D eigenvalue weighted by Crippen LogP contribution is -2.25. The fraction of sp³-hybridized carbons (Fsp3) is 0.100. The van der Waals surface area contributed by atoms with Crippen LogP contribution in [-0.4, -0.2) is 22.1 Å². The highest BCUT2D eigenvalue weighted by Crippen LogP contribution is 2.48. The zero-order chi connectivity index (χ0) is 18.4. The lowest BCUT2D eigenvalue weighted by Gasteiger charge is -2.26. The van der Waals surface area contributed by atoms with Gasteiger partial charge in [0.25, 0.3) is 5.91 Å². The van der Waals surface area contributed by atoms with Gasteiger partial charge in [0.05, 0.1) is 10.9 Å². The number of amides is 1. The summed E-state index contributed by atoms with van der Waals surface area (Å²) >= 11 is 1.61. The Morgan fingerprint density at radius 3 is 2.86 bits per heavy atom. The van der Waals surface area contributed by atoms with Crippen LogP contribution in [0.1, 0.15) is 16.4 Å². The molecule has 142 valence electrons. The first kappa shape index (κ1) is 18.6. The molecule has 3 aromatic rings. The topological polar surface area (TPSA) is 56.2 Å². The van der Waals surface area contributed by atoms with E-state index in [4.69, 9.17) is 4.74 Å². The number of hydrogen-bond acceptors (Lipinski definition) is 4. The second kappa shape index (κ2) is 7.33. The molecule has 0 fully saturated rings. The van der Waals surface area contributed by atoms with Crippen LogP contribution in [0.5, 0.6) is 5.75 Å². The van der Waals surface area contributed by atoms with Crippen LogP contribution in [0.25, 0.3) is 11.8 Å². The van der Waals surface area contributed by atoms with E-state index in [2.05, 4.69) is 10.3 Å². The van der Waals surface area contributed by atoms with E-state index in [0.717, 1.165) is 21.9 Å². The smallest absolute Gasteiger partial charge is 0.262 e. The molecule has 1 N–H and O–H groups in total. The molecule has 8 heteroatoms. The van der Waals surface area contributed by atoms with Crippen molar-refractivity contribution in [3.05, 3.63) is 71.8 Å². The van der Waals surface area contributed by atoms with Gasteiger partial charge in [0.15, 0.2) is 11.8 Å². The molecule has 1 amide bonds. The highest BCUT2D eigenvalue weighted by molar-refractivity contribution is 7.99. The van der Waals surface area contributed by atoms with Gasteiger partial charge in [-0.15, -0.1) is 12.4 Å². The summed E-state index contributed by atoms with van der Waals surface area (Å²) < 4.78 is 20.8. The predicted octanol–water partition coefficient (Wildman–Crippen LogP) is 4.62. The van der Waals surface area contributed by atoms with Gasteiger partial charge < -0.3 is 14.6 Å².